The molecule has 0 spiro atoms. The van der Waals surface area contributed by atoms with Gasteiger partial charge in [-0.3, -0.25) is 4.99 Å². The molecule has 2 aliphatic rings. The van der Waals surface area contributed by atoms with Crippen molar-refractivity contribution in [2.75, 3.05) is 0 Å². The lowest BCUT2D eigenvalue weighted by Gasteiger charge is -2.05. The maximum atomic E-state index is 10.8. The Balaban J connectivity index is 2.21. The first-order chi connectivity index (χ1) is 7.25. The highest BCUT2D eigenvalue weighted by Gasteiger charge is 2.17. The topological polar surface area (TPSA) is 65.4 Å². The Morgan fingerprint density at radius 2 is 2.27 bits per heavy atom. The van der Waals surface area contributed by atoms with Crippen LogP contribution in [0.3, 0.4) is 0 Å². The molecule has 0 amide bonds. The van der Waals surface area contributed by atoms with Gasteiger partial charge in [-0.15, -0.1) is 0 Å². The summed E-state index contributed by atoms with van der Waals surface area (Å²) in [5.41, 5.74) is 2.47. The predicted molar refractivity (Wildman–Crippen MR) is 56.0 cm³/mol. The molecule has 0 fully saturated rings. The third-order valence-electron chi connectivity index (χ3n) is 2.71. The highest BCUT2D eigenvalue weighted by molar-refractivity contribution is 5.92. The van der Waals surface area contributed by atoms with E-state index >= 15 is 0 Å². The van der Waals surface area contributed by atoms with Crippen LogP contribution in [0, 0.1) is 0 Å². The summed E-state index contributed by atoms with van der Waals surface area (Å²) < 4.78 is 0. The number of carbonyl (C=O) groups is 1. The second kappa shape index (κ2) is 2.70. The Bertz CT molecular complexity index is 632. The van der Waals surface area contributed by atoms with Crippen LogP contribution in [-0.4, -0.2) is 22.3 Å². The van der Waals surface area contributed by atoms with Gasteiger partial charge >= 0.3 is 5.97 Å². The Hall–Kier alpha value is -2.10. The van der Waals surface area contributed by atoms with Crippen molar-refractivity contribution in [2.24, 2.45) is 4.99 Å². The molecule has 3 rings (SSSR count). The molecule has 0 saturated heterocycles. The van der Waals surface area contributed by atoms with Crippen LogP contribution in [0.2, 0.25) is 0 Å². The number of hydrogen-bond acceptors (Lipinski definition) is 2. The maximum absolute atomic E-state index is 10.8. The molecule has 0 saturated carbocycles. The van der Waals surface area contributed by atoms with Gasteiger partial charge in [0.15, 0.2) is 0 Å². The number of carboxylic acids is 1. The average molecular weight is 200 g/mol. The van der Waals surface area contributed by atoms with Crippen LogP contribution < -0.4 is 10.7 Å². The van der Waals surface area contributed by atoms with Gasteiger partial charge in [0, 0.05) is 29.1 Å². The number of aromatic nitrogens is 1. The number of allylic oxidation sites excluding steroid dienone is 1. The Kier molecular flexibility index (Phi) is 1.48. The van der Waals surface area contributed by atoms with E-state index in [9.17, 15) is 4.79 Å². The van der Waals surface area contributed by atoms with Gasteiger partial charge in [-0.05, 0) is 17.7 Å². The van der Waals surface area contributed by atoms with Gasteiger partial charge in [-0.25, -0.2) is 4.79 Å². The fourth-order valence-corrected chi connectivity index (χ4v) is 1.94. The molecule has 15 heavy (non-hydrogen) atoms. The lowest BCUT2D eigenvalue weighted by Crippen LogP contribution is -2.17. The minimum Gasteiger partial charge on any atom is -0.478 e. The summed E-state index contributed by atoms with van der Waals surface area (Å²) in [7, 11) is 0. The molecule has 0 aromatic carbocycles. The van der Waals surface area contributed by atoms with Crippen molar-refractivity contribution in [2.45, 2.75) is 6.42 Å². The van der Waals surface area contributed by atoms with Crippen LogP contribution in [0.15, 0.2) is 16.6 Å². The summed E-state index contributed by atoms with van der Waals surface area (Å²) in [6.07, 6.45) is 7.44. The van der Waals surface area contributed by atoms with E-state index < -0.39 is 5.97 Å². The number of aliphatic carboxylic acids is 1. The highest BCUT2D eigenvalue weighted by atomic mass is 16.4. The Labute approximate surface area is 85.0 Å². The van der Waals surface area contributed by atoms with Crippen LogP contribution in [0.4, 0.5) is 0 Å². The zero-order chi connectivity index (χ0) is 10.4. The van der Waals surface area contributed by atoms with Gasteiger partial charge in [0.1, 0.15) is 0 Å². The highest BCUT2D eigenvalue weighted by Crippen LogP contribution is 2.11. The van der Waals surface area contributed by atoms with Gasteiger partial charge in [0.2, 0.25) is 0 Å². The molecule has 0 atom stereocenters. The van der Waals surface area contributed by atoms with Crippen LogP contribution in [0.5, 0.6) is 0 Å². The third kappa shape index (κ3) is 1.08. The van der Waals surface area contributed by atoms with E-state index in [0.29, 0.717) is 12.0 Å². The fraction of sp³-hybridized carbons (Fsp3) is 0.0909. The number of aromatic amines is 1. The summed E-state index contributed by atoms with van der Waals surface area (Å²) in [6, 6.07) is 0. The fourth-order valence-electron chi connectivity index (χ4n) is 1.94. The largest absolute Gasteiger partial charge is 0.478 e. The number of hydrogen-bond donors (Lipinski definition) is 2. The quantitative estimate of drug-likeness (QED) is 0.643. The summed E-state index contributed by atoms with van der Waals surface area (Å²) in [4.78, 5) is 18.1. The molecule has 4 nitrogen and oxygen atoms in total. The Morgan fingerprint density at radius 3 is 3.07 bits per heavy atom. The van der Waals surface area contributed by atoms with Gasteiger partial charge < -0.3 is 10.1 Å². The summed E-state index contributed by atoms with van der Waals surface area (Å²) in [6.45, 7) is 0. The molecule has 2 N–H and O–H groups in total. The van der Waals surface area contributed by atoms with Crippen molar-refractivity contribution < 1.29 is 9.90 Å². The SMILES string of the molecule is O=C(O)C1=CC=c2[nH]c3c(c2C1)C=NC=3. The molecule has 2 heterocycles. The number of fused-ring (bicyclic) bond motifs is 3. The summed E-state index contributed by atoms with van der Waals surface area (Å²) in [5, 5.41) is 10.9. The molecule has 1 aliphatic heterocycles. The first kappa shape index (κ1) is 8.23. The van der Waals surface area contributed by atoms with E-state index in [4.69, 9.17) is 5.11 Å². The standard InChI is InChI=1S/C11H8N2O2/c14-11(15)6-1-2-9-7(3-6)8-4-12-5-10(8)13-9/h1-2,4-5,13H,3H2,(H,14,15). The molecule has 0 radical (unpaired) electrons. The van der Waals surface area contributed by atoms with E-state index in [1.807, 2.05) is 6.08 Å². The molecular formula is C11H8N2O2. The lowest BCUT2D eigenvalue weighted by molar-refractivity contribution is -0.132. The van der Waals surface area contributed by atoms with Gasteiger partial charge in [-0.1, -0.05) is 0 Å². The van der Waals surface area contributed by atoms with Crippen LogP contribution >= 0.6 is 0 Å². The van der Waals surface area contributed by atoms with Crippen molar-refractivity contribution in [3.8, 4) is 0 Å². The number of nitrogens with zero attached hydrogens (tertiary/aromatic N) is 1. The Morgan fingerprint density at radius 1 is 1.40 bits per heavy atom. The van der Waals surface area contributed by atoms with E-state index in [-0.39, 0.29) is 0 Å². The van der Waals surface area contributed by atoms with Crippen LogP contribution in [0.1, 0.15) is 11.1 Å². The van der Waals surface area contributed by atoms with Crippen molar-refractivity contribution in [1.29, 1.82) is 0 Å². The number of rotatable bonds is 1. The normalized spacial score (nSPS) is 16.1. The number of H-pyrrole nitrogens is 1. The maximum Gasteiger partial charge on any atom is 0.331 e. The zero-order valence-corrected chi connectivity index (χ0v) is 7.82. The molecule has 1 aromatic rings. The summed E-state index contributed by atoms with van der Waals surface area (Å²) >= 11 is 0. The smallest absolute Gasteiger partial charge is 0.331 e. The van der Waals surface area contributed by atoms with Crippen molar-refractivity contribution in [1.82, 2.24) is 4.98 Å². The van der Waals surface area contributed by atoms with E-state index in [0.717, 1.165) is 21.8 Å². The molecule has 1 aliphatic carbocycles. The monoisotopic (exact) mass is 200 g/mol. The number of carboxylic acid groups (broad SMARTS) is 1. The van der Waals surface area contributed by atoms with E-state index in [1.54, 1.807) is 18.5 Å². The van der Waals surface area contributed by atoms with Crippen molar-refractivity contribution in [3.05, 3.63) is 33.5 Å². The molecular weight excluding hydrogens is 192 g/mol. The molecule has 0 bridgehead atoms. The first-order valence-corrected chi connectivity index (χ1v) is 4.64. The number of nitrogens with one attached hydrogen (secondary N) is 1. The van der Waals surface area contributed by atoms with Crippen LogP contribution in [-0.2, 0) is 11.2 Å². The molecule has 74 valence electrons. The van der Waals surface area contributed by atoms with E-state index in [2.05, 4.69) is 9.98 Å². The first-order valence-electron chi connectivity index (χ1n) is 4.64. The molecule has 0 unspecified atom stereocenters. The summed E-state index contributed by atoms with van der Waals surface area (Å²) in [5.74, 6) is -0.856. The minimum absolute atomic E-state index is 0.421. The van der Waals surface area contributed by atoms with Crippen molar-refractivity contribution in [3.63, 3.8) is 0 Å². The average Bonchev–Trinajstić information content (AvgIpc) is 2.75. The van der Waals surface area contributed by atoms with Crippen molar-refractivity contribution >= 4 is 24.5 Å². The van der Waals surface area contributed by atoms with Gasteiger partial charge in [0.25, 0.3) is 0 Å². The molecule has 4 heteroatoms. The zero-order valence-electron chi connectivity index (χ0n) is 7.82. The van der Waals surface area contributed by atoms with Gasteiger partial charge in [-0.2, -0.15) is 0 Å². The van der Waals surface area contributed by atoms with Crippen LogP contribution in [0.25, 0.3) is 12.3 Å². The lowest BCUT2D eigenvalue weighted by atomic mass is 9.99. The second-order valence-electron chi connectivity index (χ2n) is 3.59. The predicted octanol–water partition coefficient (Wildman–Crippen LogP) is -0.467. The minimum atomic E-state index is -0.856. The second-order valence-corrected chi connectivity index (χ2v) is 3.59. The third-order valence-corrected chi connectivity index (χ3v) is 2.71. The van der Waals surface area contributed by atoms with E-state index in [1.165, 1.54) is 0 Å². The van der Waals surface area contributed by atoms with Gasteiger partial charge in [0.05, 0.1) is 11.5 Å². The number of aliphatic imine (C=N–C) groups is 1. The molecule has 1 aromatic heterocycles.